The van der Waals surface area contributed by atoms with Gasteiger partial charge in [-0.25, -0.2) is 0 Å². The molecule has 0 saturated heterocycles. The van der Waals surface area contributed by atoms with Crippen molar-refractivity contribution >= 4 is 39.9 Å². The van der Waals surface area contributed by atoms with E-state index >= 15 is 0 Å². The summed E-state index contributed by atoms with van der Waals surface area (Å²) in [4.78, 5) is 0. The summed E-state index contributed by atoms with van der Waals surface area (Å²) >= 11 is 9.41. The first-order valence-electron chi connectivity index (χ1n) is 7.05. The molecule has 5 heteroatoms. The minimum atomic E-state index is 0. The SMILES string of the molecule is CCOc1ccc(CNCCc2ccc(Cl)cc2)cc1Br.Cl. The molecule has 0 spiro atoms. The van der Waals surface area contributed by atoms with Gasteiger partial charge in [0.05, 0.1) is 11.1 Å². The van der Waals surface area contributed by atoms with Crippen molar-refractivity contribution in [2.24, 2.45) is 0 Å². The molecule has 0 aromatic heterocycles. The molecule has 1 N–H and O–H groups in total. The molecule has 2 nitrogen and oxygen atoms in total. The number of halogens is 3. The minimum Gasteiger partial charge on any atom is -0.493 e. The fourth-order valence-corrected chi connectivity index (χ4v) is 2.71. The molecule has 0 aliphatic rings. The molecule has 0 atom stereocenters. The zero-order valence-electron chi connectivity index (χ0n) is 12.4. The maximum atomic E-state index is 5.87. The number of ether oxygens (including phenoxy) is 1. The van der Waals surface area contributed by atoms with Gasteiger partial charge in [0.25, 0.3) is 0 Å². The summed E-state index contributed by atoms with van der Waals surface area (Å²) in [7, 11) is 0. The second kappa shape index (κ2) is 10.1. The number of hydrogen-bond donors (Lipinski definition) is 1. The van der Waals surface area contributed by atoms with Crippen LogP contribution in [0, 0.1) is 0 Å². The Labute approximate surface area is 151 Å². The van der Waals surface area contributed by atoms with Crippen molar-refractivity contribution in [3.05, 3.63) is 63.1 Å². The zero-order chi connectivity index (χ0) is 15.1. The average molecular weight is 405 g/mol. The lowest BCUT2D eigenvalue weighted by Crippen LogP contribution is -2.16. The van der Waals surface area contributed by atoms with Crippen LogP contribution in [0.15, 0.2) is 46.9 Å². The summed E-state index contributed by atoms with van der Waals surface area (Å²) in [6.45, 7) is 4.45. The smallest absolute Gasteiger partial charge is 0.133 e. The zero-order valence-corrected chi connectivity index (χ0v) is 15.6. The van der Waals surface area contributed by atoms with Crippen LogP contribution in [0.4, 0.5) is 0 Å². The van der Waals surface area contributed by atoms with Gasteiger partial charge < -0.3 is 10.1 Å². The lowest BCUT2D eigenvalue weighted by Gasteiger charge is -2.09. The van der Waals surface area contributed by atoms with E-state index in [1.165, 1.54) is 11.1 Å². The molecule has 0 amide bonds. The Hall–Kier alpha value is -0.740. The molecule has 120 valence electrons. The summed E-state index contributed by atoms with van der Waals surface area (Å²) in [6.07, 6.45) is 0.995. The predicted molar refractivity (Wildman–Crippen MR) is 99.4 cm³/mol. The summed E-state index contributed by atoms with van der Waals surface area (Å²) in [5, 5.41) is 4.23. The Morgan fingerprint density at radius 1 is 1.09 bits per heavy atom. The Balaban J connectivity index is 0.00000242. The highest BCUT2D eigenvalue weighted by molar-refractivity contribution is 9.10. The third-order valence-electron chi connectivity index (χ3n) is 3.13. The standard InChI is InChI=1S/C17H19BrClNO.ClH/c1-2-21-17-8-5-14(11-16(17)18)12-20-10-9-13-3-6-15(19)7-4-13;/h3-8,11,20H,2,9-10,12H2,1H3;1H. The van der Waals surface area contributed by atoms with Gasteiger partial charge in [0.2, 0.25) is 0 Å². The van der Waals surface area contributed by atoms with Crippen molar-refractivity contribution in [3.8, 4) is 5.75 Å². The fraction of sp³-hybridized carbons (Fsp3) is 0.294. The first-order valence-corrected chi connectivity index (χ1v) is 8.22. The van der Waals surface area contributed by atoms with Crippen LogP contribution in [-0.4, -0.2) is 13.2 Å². The highest BCUT2D eigenvalue weighted by Crippen LogP contribution is 2.25. The second-order valence-electron chi connectivity index (χ2n) is 4.75. The van der Waals surface area contributed by atoms with Crippen LogP contribution in [0.1, 0.15) is 18.1 Å². The molecule has 2 rings (SSSR count). The van der Waals surface area contributed by atoms with Gasteiger partial charge in [-0.3, -0.25) is 0 Å². The maximum absolute atomic E-state index is 5.87. The highest BCUT2D eigenvalue weighted by Gasteiger charge is 2.02. The van der Waals surface area contributed by atoms with Crippen LogP contribution >= 0.6 is 39.9 Å². The number of benzene rings is 2. The molecule has 2 aromatic carbocycles. The van der Waals surface area contributed by atoms with Crippen molar-refractivity contribution in [2.45, 2.75) is 19.9 Å². The Morgan fingerprint density at radius 3 is 2.41 bits per heavy atom. The molecule has 0 bridgehead atoms. The predicted octanol–water partition coefficient (Wildman–Crippen LogP) is 5.26. The third-order valence-corrected chi connectivity index (χ3v) is 4.00. The second-order valence-corrected chi connectivity index (χ2v) is 6.04. The fourth-order valence-electron chi connectivity index (χ4n) is 2.04. The van der Waals surface area contributed by atoms with Crippen molar-refractivity contribution in [2.75, 3.05) is 13.2 Å². The third kappa shape index (κ3) is 6.17. The van der Waals surface area contributed by atoms with E-state index < -0.39 is 0 Å². The summed E-state index contributed by atoms with van der Waals surface area (Å²) in [6, 6.07) is 14.2. The normalized spacial score (nSPS) is 10.1. The lowest BCUT2D eigenvalue weighted by atomic mass is 10.1. The van der Waals surface area contributed by atoms with Crippen LogP contribution in [-0.2, 0) is 13.0 Å². The topological polar surface area (TPSA) is 21.3 Å². The highest BCUT2D eigenvalue weighted by atomic mass is 79.9. The Bertz CT molecular complexity index is 575. The minimum absolute atomic E-state index is 0. The van der Waals surface area contributed by atoms with E-state index in [0.717, 1.165) is 34.8 Å². The number of nitrogens with one attached hydrogen (secondary N) is 1. The van der Waals surface area contributed by atoms with Gasteiger partial charge >= 0.3 is 0 Å². The van der Waals surface area contributed by atoms with Crippen LogP contribution < -0.4 is 10.1 Å². The molecule has 0 aliphatic heterocycles. The molecule has 0 saturated carbocycles. The molecule has 2 aromatic rings. The largest absolute Gasteiger partial charge is 0.493 e. The molecule has 0 radical (unpaired) electrons. The van der Waals surface area contributed by atoms with Crippen LogP contribution in [0.3, 0.4) is 0 Å². The summed E-state index contributed by atoms with van der Waals surface area (Å²) in [5.41, 5.74) is 2.53. The van der Waals surface area contributed by atoms with Crippen molar-refractivity contribution in [3.63, 3.8) is 0 Å². The number of hydrogen-bond acceptors (Lipinski definition) is 2. The number of rotatable bonds is 7. The molecular weight excluding hydrogens is 385 g/mol. The quantitative estimate of drug-likeness (QED) is 0.635. The van der Waals surface area contributed by atoms with E-state index in [9.17, 15) is 0 Å². The molecular formula is C17H20BrCl2NO. The van der Waals surface area contributed by atoms with E-state index in [1.54, 1.807) is 0 Å². The van der Waals surface area contributed by atoms with Gasteiger partial charge in [-0.05, 0) is 71.2 Å². The van der Waals surface area contributed by atoms with E-state index in [2.05, 4.69) is 45.5 Å². The first kappa shape index (κ1) is 19.3. The molecule has 0 aliphatic carbocycles. The Kier molecular flexibility index (Phi) is 8.88. The van der Waals surface area contributed by atoms with Crippen LogP contribution in [0.25, 0.3) is 0 Å². The van der Waals surface area contributed by atoms with Gasteiger partial charge in [-0.2, -0.15) is 0 Å². The van der Waals surface area contributed by atoms with Gasteiger partial charge in [-0.15, -0.1) is 12.4 Å². The average Bonchev–Trinajstić information content (AvgIpc) is 2.48. The van der Waals surface area contributed by atoms with E-state index in [1.807, 2.05) is 25.1 Å². The molecule has 0 heterocycles. The Morgan fingerprint density at radius 2 is 1.77 bits per heavy atom. The summed E-state index contributed by atoms with van der Waals surface area (Å²) in [5.74, 6) is 0.891. The van der Waals surface area contributed by atoms with E-state index in [4.69, 9.17) is 16.3 Å². The van der Waals surface area contributed by atoms with Gasteiger partial charge in [0.15, 0.2) is 0 Å². The molecule has 0 fully saturated rings. The van der Waals surface area contributed by atoms with Gasteiger partial charge in [0, 0.05) is 11.6 Å². The summed E-state index contributed by atoms with van der Waals surface area (Å²) < 4.78 is 6.51. The monoisotopic (exact) mass is 403 g/mol. The lowest BCUT2D eigenvalue weighted by molar-refractivity contribution is 0.338. The van der Waals surface area contributed by atoms with E-state index in [-0.39, 0.29) is 12.4 Å². The molecule has 0 unspecified atom stereocenters. The van der Waals surface area contributed by atoms with E-state index in [0.29, 0.717) is 6.61 Å². The van der Waals surface area contributed by atoms with Crippen LogP contribution in [0.2, 0.25) is 5.02 Å². The molecule has 22 heavy (non-hydrogen) atoms. The maximum Gasteiger partial charge on any atom is 0.133 e. The van der Waals surface area contributed by atoms with Crippen molar-refractivity contribution < 1.29 is 4.74 Å². The van der Waals surface area contributed by atoms with Gasteiger partial charge in [-0.1, -0.05) is 29.8 Å². The first-order chi connectivity index (χ1) is 10.2. The van der Waals surface area contributed by atoms with Gasteiger partial charge in [0.1, 0.15) is 5.75 Å². The van der Waals surface area contributed by atoms with Crippen LogP contribution in [0.5, 0.6) is 5.75 Å². The van der Waals surface area contributed by atoms with Crippen molar-refractivity contribution in [1.82, 2.24) is 5.32 Å². The van der Waals surface area contributed by atoms with Crippen molar-refractivity contribution in [1.29, 1.82) is 0 Å².